The number of nitrogens with zero attached hydrogens (tertiary/aromatic N) is 4. The van der Waals surface area contributed by atoms with Crippen LogP contribution in [-0.2, 0) is 18.3 Å². The van der Waals surface area contributed by atoms with Gasteiger partial charge in [0.15, 0.2) is 5.65 Å². The number of Topliss-reactive ketones (excluding diaryl/α,β-unsaturated/α-hetero) is 1. The Hall–Kier alpha value is -3.08. The fourth-order valence-electron chi connectivity index (χ4n) is 3.23. The number of aryl methyl sites for hydroxylation is 2. The van der Waals surface area contributed by atoms with Gasteiger partial charge < -0.3 is 0 Å². The van der Waals surface area contributed by atoms with E-state index in [1.165, 1.54) is 0 Å². The molecule has 0 aliphatic carbocycles. The van der Waals surface area contributed by atoms with Gasteiger partial charge in [-0.25, -0.2) is 9.67 Å². The van der Waals surface area contributed by atoms with Crippen LogP contribution in [0.25, 0.3) is 33.2 Å². The normalized spacial score (nSPS) is 11.3. The van der Waals surface area contributed by atoms with Crippen LogP contribution in [0.5, 0.6) is 0 Å². The average molecular weight is 330 g/mol. The van der Waals surface area contributed by atoms with Gasteiger partial charge in [0.25, 0.3) is 0 Å². The van der Waals surface area contributed by atoms with Crippen LogP contribution in [0.15, 0.2) is 42.6 Å². The van der Waals surface area contributed by atoms with Crippen molar-refractivity contribution < 1.29 is 4.79 Å². The van der Waals surface area contributed by atoms with E-state index < -0.39 is 0 Å². The smallest absolute Gasteiger partial charge is 0.158 e. The Morgan fingerprint density at radius 2 is 2.00 bits per heavy atom. The molecule has 3 aromatic heterocycles. The zero-order valence-corrected chi connectivity index (χ0v) is 14.4. The van der Waals surface area contributed by atoms with Gasteiger partial charge in [0.05, 0.1) is 5.52 Å². The maximum Gasteiger partial charge on any atom is 0.158 e. The molecule has 0 atom stereocenters. The Kier molecular flexibility index (Phi) is 3.57. The summed E-state index contributed by atoms with van der Waals surface area (Å²) in [6.07, 6.45) is 2.14. The highest BCUT2D eigenvalue weighted by Crippen LogP contribution is 2.32. The van der Waals surface area contributed by atoms with Crippen LogP contribution in [0.2, 0.25) is 0 Å². The van der Waals surface area contributed by atoms with Gasteiger partial charge in [0, 0.05) is 41.7 Å². The van der Waals surface area contributed by atoms with E-state index in [-0.39, 0.29) is 5.78 Å². The highest BCUT2D eigenvalue weighted by Gasteiger charge is 2.15. The van der Waals surface area contributed by atoms with Crippen LogP contribution in [0.3, 0.4) is 0 Å². The van der Waals surface area contributed by atoms with Crippen LogP contribution >= 0.6 is 0 Å². The summed E-state index contributed by atoms with van der Waals surface area (Å²) in [4.78, 5) is 20.6. The summed E-state index contributed by atoms with van der Waals surface area (Å²) in [7, 11) is 1.89. The molecule has 0 bridgehead atoms. The molecule has 4 rings (SSSR count). The molecule has 0 saturated heterocycles. The van der Waals surface area contributed by atoms with Crippen LogP contribution < -0.4 is 0 Å². The molecule has 25 heavy (non-hydrogen) atoms. The molecule has 0 spiro atoms. The zero-order chi connectivity index (χ0) is 17.6. The van der Waals surface area contributed by atoms with Crippen molar-refractivity contribution in [1.82, 2.24) is 19.7 Å². The van der Waals surface area contributed by atoms with E-state index in [9.17, 15) is 4.79 Å². The molecule has 0 N–H and O–H groups in total. The number of hydrogen-bond acceptors (Lipinski definition) is 4. The molecule has 0 fully saturated rings. The Morgan fingerprint density at radius 3 is 2.80 bits per heavy atom. The van der Waals surface area contributed by atoms with Crippen molar-refractivity contribution in [3.05, 3.63) is 53.9 Å². The standard InChI is InChI=1S/C20H18N4O/c1-12-7-8-15-16(5-4-6-18(15)22-12)19-17-10-14(9-13(2)25)11-21-20(17)24(3)23-19/h4-8,10-11H,9H2,1-3H3. The topological polar surface area (TPSA) is 60.7 Å². The van der Waals surface area contributed by atoms with Crippen molar-refractivity contribution in [1.29, 1.82) is 0 Å². The molecule has 0 aliphatic heterocycles. The first-order chi connectivity index (χ1) is 12.0. The summed E-state index contributed by atoms with van der Waals surface area (Å²) in [5.74, 6) is 0.122. The summed E-state index contributed by atoms with van der Waals surface area (Å²) >= 11 is 0. The van der Waals surface area contributed by atoms with Crippen LogP contribution in [0, 0.1) is 6.92 Å². The number of benzene rings is 1. The Balaban J connectivity index is 1.99. The van der Waals surface area contributed by atoms with Gasteiger partial charge >= 0.3 is 0 Å². The molecular formula is C20H18N4O. The zero-order valence-electron chi connectivity index (χ0n) is 14.4. The van der Waals surface area contributed by atoms with Crippen molar-refractivity contribution in [2.24, 2.45) is 7.05 Å². The molecule has 3 heterocycles. The second kappa shape index (κ2) is 5.77. The number of hydrogen-bond donors (Lipinski definition) is 0. The molecular weight excluding hydrogens is 312 g/mol. The number of fused-ring (bicyclic) bond motifs is 2. The molecule has 0 radical (unpaired) electrons. The Morgan fingerprint density at radius 1 is 1.16 bits per heavy atom. The summed E-state index contributed by atoms with van der Waals surface area (Å²) in [6.45, 7) is 3.58. The summed E-state index contributed by atoms with van der Waals surface area (Å²) in [5.41, 5.74) is 5.54. The molecule has 0 saturated carbocycles. The van der Waals surface area contributed by atoms with Gasteiger partial charge in [-0.15, -0.1) is 0 Å². The molecule has 5 nitrogen and oxygen atoms in total. The number of carbonyl (C=O) groups excluding carboxylic acids is 1. The first-order valence-corrected chi connectivity index (χ1v) is 8.21. The number of pyridine rings is 2. The van der Waals surface area contributed by atoms with E-state index in [0.29, 0.717) is 6.42 Å². The fraction of sp³-hybridized carbons (Fsp3) is 0.200. The first kappa shape index (κ1) is 15.4. The third-order valence-corrected chi connectivity index (χ3v) is 4.31. The van der Waals surface area contributed by atoms with E-state index in [1.807, 2.05) is 38.2 Å². The van der Waals surface area contributed by atoms with Crippen molar-refractivity contribution in [3.63, 3.8) is 0 Å². The summed E-state index contributed by atoms with van der Waals surface area (Å²) < 4.78 is 1.78. The highest BCUT2D eigenvalue weighted by atomic mass is 16.1. The number of aromatic nitrogens is 4. The lowest BCUT2D eigenvalue weighted by molar-refractivity contribution is -0.116. The Labute approximate surface area is 145 Å². The third kappa shape index (κ3) is 2.67. The molecule has 1 aromatic carbocycles. The number of ketones is 1. The molecule has 4 aromatic rings. The minimum atomic E-state index is 0.122. The van der Waals surface area contributed by atoms with Crippen LogP contribution in [0.4, 0.5) is 0 Å². The Bertz CT molecular complexity index is 1130. The maximum atomic E-state index is 11.5. The SMILES string of the molecule is CC(=O)Cc1cnc2c(c1)c(-c1cccc3nc(C)ccc13)nn2C. The van der Waals surface area contributed by atoms with Crippen molar-refractivity contribution in [2.45, 2.75) is 20.3 Å². The van der Waals surface area contributed by atoms with Crippen LogP contribution in [0.1, 0.15) is 18.2 Å². The quantitative estimate of drug-likeness (QED) is 0.575. The maximum absolute atomic E-state index is 11.5. The molecule has 5 heteroatoms. The van der Waals surface area contributed by atoms with Gasteiger partial charge in [0.2, 0.25) is 0 Å². The van der Waals surface area contributed by atoms with Gasteiger partial charge in [-0.3, -0.25) is 9.78 Å². The van der Waals surface area contributed by atoms with E-state index >= 15 is 0 Å². The largest absolute Gasteiger partial charge is 0.300 e. The minimum Gasteiger partial charge on any atom is -0.300 e. The minimum absolute atomic E-state index is 0.122. The van der Waals surface area contributed by atoms with Gasteiger partial charge in [-0.1, -0.05) is 18.2 Å². The van der Waals surface area contributed by atoms with Gasteiger partial charge in [-0.2, -0.15) is 5.10 Å². The summed E-state index contributed by atoms with van der Waals surface area (Å²) in [6, 6.07) is 12.2. The fourth-order valence-corrected chi connectivity index (χ4v) is 3.23. The van der Waals surface area contributed by atoms with E-state index in [2.05, 4.69) is 22.1 Å². The lowest BCUT2D eigenvalue weighted by Gasteiger charge is -2.05. The second-order valence-electron chi connectivity index (χ2n) is 6.39. The third-order valence-electron chi connectivity index (χ3n) is 4.31. The predicted octanol–water partition coefficient (Wildman–Crippen LogP) is 3.62. The lowest BCUT2D eigenvalue weighted by Crippen LogP contribution is -1.97. The van der Waals surface area contributed by atoms with Crippen molar-refractivity contribution in [3.8, 4) is 11.3 Å². The predicted molar refractivity (Wildman–Crippen MR) is 98.4 cm³/mol. The molecule has 0 unspecified atom stereocenters. The van der Waals surface area contributed by atoms with E-state index in [4.69, 9.17) is 5.10 Å². The molecule has 124 valence electrons. The van der Waals surface area contributed by atoms with E-state index in [0.717, 1.165) is 44.5 Å². The van der Waals surface area contributed by atoms with Crippen molar-refractivity contribution >= 4 is 27.7 Å². The van der Waals surface area contributed by atoms with Crippen molar-refractivity contribution in [2.75, 3.05) is 0 Å². The van der Waals surface area contributed by atoms with Gasteiger partial charge in [-0.05, 0) is 37.6 Å². The lowest BCUT2D eigenvalue weighted by atomic mass is 10.0. The average Bonchev–Trinajstić information content (AvgIpc) is 2.89. The van der Waals surface area contributed by atoms with Crippen LogP contribution in [-0.4, -0.2) is 25.5 Å². The molecule has 0 amide bonds. The number of rotatable bonds is 3. The number of carbonyl (C=O) groups is 1. The summed E-state index contributed by atoms with van der Waals surface area (Å²) in [5, 5.41) is 6.71. The van der Waals surface area contributed by atoms with Gasteiger partial charge in [0.1, 0.15) is 11.5 Å². The highest BCUT2D eigenvalue weighted by molar-refractivity contribution is 6.02. The molecule has 0 aliphatic rings. The van der Waals surface area contributed by atoms with E-state index in [1.54, 1.807) is 17.8 Å². The first-order valence-electron chi connectivity index (χ1n) is 8.21. The second-order valence-corrected chi connectivity index (χ2v) is 6.39. The monoisotopic (exact) mass is 330 g/mol.